The first kappa shape index (κ1) is 22.7. The molecule has 0 spiro atoms. The summed E-state index contributed by atoms with van der Waals surface area (Å²) in [7, 11) is -3.59. The van der Waals surface area contributed by atoms with Crippen molar-refractivity contribution in [3.05, 3.63) is 78.4 Å². The molecule has 1 fully saturated rings. The third kappa shape index (κ3) is 4.60. The van der Waals surface area contributed by atoms with Crippen LogP contribution in [0.25, 0.3) is 20.8 Å². The van der Waals surface area contributed by atoms with Gasteiger partial charge >= 0.3 is 0 Å². The number of carbonyl (C=O) groups excluding carboxylic acids is 1. The van der Waals surface area contributed by atoms with Crippen molar-refractivity contribution in [2.45, 2.75) is 4.90 Å². The fraction of sp³-hybridized carbons (Fsp3) is 0.200. The Labute approximate surface area is 202 Å². The van der Waals surface area contributed by atoms with E-state index in [9.17, 15) is 13.2 Å². The van der Waals surface area contributed by atoms with Gasteiger partial charge in [-0.05, 0) is 48.5 Å². The van der Waals surface area contributed by atoms with E-state index in [-0.39, 0.29) is 17.2 Å². The van der Waals surface area contributed by atoms with E-state index in [1.165, 1.54) is 16.4 Å². The molecule has 0 atom stereocenters. The second kappa shape index (κ2) is 9.63. The predicted molar refractivity (Wildman–Crippen MR) is 134 cm³/mol. The Morgan fingerprint density at radius 2 is 1.68 bits per heavy atom. The highest BCUT2D eigenvalue weighted by Crippen LogP contribution is 2.34. The molecule has 5 rings (SSSR count). The summed E-state index contributed by atoms with van der Waals surface area (Å²) in [5.74, 6) is -0.130. The molecule has 0 aliphatic carbocycles. The average molecular weight is 494 g/mol. The molecule has 7 nitrogen and oxygen atoms in total. The summed E-state index contributed by atoms with van der Waals surface area (Å²) in [5.41, 5.74) is 3.15. The van der Waals surface area contributed by atoms with Crippen LogP contribution >= 0.6 is 11.3 Å². The molecule has 0 saturated carbocycles. The molecule has 1 aliphatic rings. The zero-order valence-corrected chi connectivity index (χ0v) is 19.9. The summed E-state index contributed by atoms with van der Waals surface area (Å²) in [6, 6.07) is 21.9. The average Bonchev–Trinajstić information content (AvgIpc) is 3.32. The monoisotopic (exact) mass is 493 g/mol. The molecule has 1 saturated heterocycles. The molecule has 9 heteroatoms. The van der Waals surface area contributed by atoms with Crippen molar-refractivity contribution < 1.29 is 17.9 Å². The number of rotatable bonds is 7. The number of thiazole rings is 1. The minimum atomic E-state index is -3.59. The molecule has 0 unspecified atom stereocenters. The number of para-hydroxylation sites is 2. The molecule has 174 valence electrons. The number of benzene rings is 3. The lowest BCUT2D eigenvalue weighted by molar-refractivity contribution is 0.0730. The van der Waals surface area contributed by atoms with Crippen molar-refractivity contribution in [1.82, 2.24) is 9.29 Å². The van der Waals surface area contributed by atoms with Gasteiger partial charge in [-0.2, -0.15) is 4.31 Å². The van der Waals surface area contributed by atoms with Crippen LogP contribution in [0.1, 0.15) is 10.4 Å². The number of aromatic nitrogens is 1. The quantitative estimate of drug-likeness (QED) is 0.387. The van der Waals surface area contributed by atoms with Crippen molar-refractivity contribution in [1.29, 1.82) is 0 Å². The number of hydrogen-bond donors (Lipinski definition) is 1. The van der Waals surface area contributed by atoms with Crippen LogP contribution in [0.5, 0.6) is 0 Å². The van der Waals surface area contributed by atoms with E-state index in [1.807, 2.05) is 48.5 Å². The minimum absolute atomic E-state index is 0.0808. The maximum atomic E-state index is 12.8. The summed E-state index contributed by atoms with van der Waals surface area (Å²) in [6.45, 7) is 1.53. The maximum absolute atomic E-state index is 12.8. The first-order valence-electron chi connectivity index (χ1n) is 10.9. The van der Waals surface area contributed by atoms with Crippen LogP contribution in [0.3, 0.4) is 0 Å². The Morgan fingerprint density at radius 1 is 0.971 bits per heavy atom. The minimum Gasteiger partial charge on any atom is -0.379 e. The summed E-state index contributed by atoms with van der Waals surface area (Å²) < 4.78 is 33.3. The molecule has 0 bridgehead atoms. The fourth-order valence-electron chi connectivity index (χ4n) is 3.84. The zero-order chi connectivity index (χ0) is 23.5. The van der Waals surface area contributed by atoms with Crippen LogP contribution in [-0.2, 0) is 14.8 Å². The largest absolute Gasteiger partial charge is 0.379 e. The lowest BCUT2D eigenvalue weighted by Crippen LogP contribution is -2.40. The van der Waals surface area contributed by atoms with Crippen molar-refractivity contribution in [2.75, 3.05) is 38.2 Å². The Bertz CT molecular complexity index is 1390. The van der Waals surface area contributed by atoms with Crippen LogP contribution in [-0.4, -0.2) is 56.3 Å². The second-order valence-electron chi connectivity index (χ2n) is 7.85. The Hall–Kier alpha value is -3.11. The first-order chi connectivity index (χ1) is 16.5. The van der Waals surface area contributed by atoms with E-state index in [4.69, 9.17) is 9.72 Å². The molecular formula is C25H23N3O4S2. The third-order valence-corrected chi connectivity index (χ3v) is 8.66. The van der Waals surface area contributed by atoms with Crippen LogP contribution in [0.15, 0.2) is 77.7 Å². The molecule has 4 aromatic rings. The Balaban J connectivity index is 1.29. The third-order valence-electron chi connectivity index (χ3n) is 5.67. The normalized spacial score (nSPS) is 14.8. The number of fused-ring (bicyclic) bond motifs is 1. The van der Waals surface area contributed by atoms with Crippen LogP contribution in [0.2, 0.25) is 0 Å². The SMILES string of the molecule is O=C(CNc1ccccc1-c1nc2ccccc2s1)c1ccc(S(=O)(=O)N2CCOCC2)cc1. The van der Waals surface area contributed by atoms with Gasteiger partial charge in [0.15, 0.2) is 5.78 Å². The van der Waals surface area contributed by atoms with Gasteiger partial charge in [0.25, 0.3) is 0 Å². The van der Waals surface area contributed by atoms with Gasteiger partial charge in [0.2, 0.25) is 10.0 Å². The highest BCUT2D eigenvalue weighted by atomic mass is 32.2. The first-order valence-corrected chi connectivity index (χ1v) is 13.2. The van der Waals surface area contributed by atoms with Crippen LogP contribution in [0, 0.1) is 0 Å². The second-order valence-corrected chi connectivity index (χ2v) is 10.8. The van der Waals surface area contributed by atoms with Crippen molar-refractivity contribution in [3.8, 4) is 10.6 Å². The molecule has 1 aromatic heterocycles. The van der Waals surface area contributed by atoms with Gasteiger partial charge < -0.3 is 10.1 Å². The highest BCUT2D eigenvalue weighted by molar-refractivity contribution is 7.89. The number of ketones is 1. The number of hydrogen-bond acceptors (Lipinski definition) is 7. The molecule has 0 amide bonds. The van der Waals surface area contributed by atoms with Crippen molar-refractivity contribution in [2.24, 2.45) is 0 Å². The summed E-state index contributed by atoms with van der Waals surface area (Å²) in [6.07, 6.45) is 0. The van der Waals surface area contributed by atoms with E-state index < -0.39 is 10.0 Å². The van der Waals surface area contributed by atoms with E-state index in [0.717, 1.165) is 26.5 Å². The lowest BCUT2D eigenvalue weighted by atomic mass is 10.1. The zero-order valence-electron chi connectivity index (χ0n) is 18.3. The number of nitrogens with one attached hydrogen (secondary N) is 1. The molecule has 1 N–H and O–H groups in total. The number of Topliss-reactive ketones (excluding diaryl/α,β-unsaturated/α-hetero) is 1. The van der Waals surface area contributed by atoms with E-state index in [1.54, 1.807) is 23.5 Å². The molecule has 1 aliphatic heterocycles. The molecule has 0 radical (unpaired) electrons. The van der Waals surface area contributed by atoms with Gasteiger partial charge in [0.1, 0.15) is 5.01 Å². The Kier molecular flexibility index (Phi) is 6.42. The van der Waals surface area contributed by atoms with Gasteiger partial charge in [-0.15, -0.1) is 11.3 Å². The number of morpholine rings is 1. The molecular weight excluding hydrogens is 470 g/mol. The van der Waals surface area contributed by atoms with Gasteiger partial charge in [-0.25, -0.2) is 13.4 Å². The molecule has 2 heterocycles. The number of nitrogens with zero attached hydrogens (tertiary/aromatic N) is 2. The maximum Gasteiger partial charge on any atom is 0.243 e. The van der Waals surface area contributed by atoms with E-state index in [2.05, 4.69) is 5.32 Å². The highest BCUT2D eigenvalue weighted by Gasteiger charge is 2.26. The number of sulfonamides is 1. The fourth-order valence-corrected chi connectivity index (χ4v) is 6.25. The van der Waals surface area contributed by atoms with Crippen LogP contribution < -0.4 is 5.32 Å². The predicted octanol–water partition coefficient (Wildman–Crippen LogP) is 4.28. The van der Waals surface area contributed by atoms with Crippen LogP contribution in [0.4, 0.5) is 5.69 Å². The summed E-state index contributed by atoms with van der Waals surface area (Å²) in [4.78, 5) is 17.7. The molecule has 3 aromatic carbocycles. The standard InChI is InChI=1S/C25H23N3O4S2/c29-23(18-9-11-19(12-10-18)34(30,31)28-13-15-32-16-14-28)17-26-21-6-2-1-5-20(21)25-27-22-7-3-4-8-24(22)33-25/h1-12,26H,13-17H2. The Morgan fingerprint density at radius 3 is 2.44 bits per heavy atom. The van der Waals surface area contributed by atoms with Crippen molar-refractivity contribution in [3.63, 3.8) is 0 Å². The topological polar surface area (TPSA) is 88.6 Å². The molecule has 34 heavy (non-hydrogen) atoms. The van der Waals surface area contributed by atoms with Gasteiger partial charge in [0, 0.05) is 29.9 Å². The number of anilines is 1. The number of carbonyl (C=O) groups is 1. The number of ether oxygens (including phenoxy) is 1. The van der Waals surface area contributed by atoms with E-state index >= 15 is 0 Å². The van der Waals surface area contributed by atoms with E-state index in [0.29, 0.717) is 31.9 Å². The summed E-state index contributed by atoms with van der Waals surface area (Å²) in [5, 5.41) is 4.11. The van der Waals surface area contributed by atoms with Gasteiger partial charge in [-0.1, -0.05) is 24.3 Å². The summed E-state index contributed by atoms with van der Waals surface area (Å²) >= 11 is 1.61. The van der Waals surface area contributed by atoms with Crippen molar-refractivity contribution >= 4 is 43.0 Å². The van der Waals surface area contributed by atoms with Gasteiger partial charge in [0.05, 0.1) is 34.9 Å². The smallest absolute Gasteiger partial charge is 0.243 e. The lowest BCUT2D eigenvalue weighted by Gasteiger charge is -2.26. The van der Waals surface area contributed by atoms with Gasteiger partial charge in [-0.3, -0.25) is 4.79 Å².